The molecule has 11 rings (SSSR count). The molecule has 2 N–H and O–H groups in total. The summed E-state index contributed by atoms with van der Waals surface area (Å²) in [6.45, 7) is 1.96. The number of allylic oxidation sites excluding steroid dienone is 5. The van der Waals surface area contributed by atoms with Gasteiger partial charge in [-0.05, 0) is 59.7 Å². The van der Waals surface area contributed by atoms with E-state index in [4.69, 9.17) is 0 Å². The summed E-state index contributed by atoms with van der Waals surface area (Å²) in [6, 6.07) is 49.3. The number of benzene rings is 7. The number of aromatic hydroxyl groups is 1. The molecular weight excluding hydrogens is 665 g/mol. The third-order valence-corrected chi connectivity index (χ3v) is 11.8. The van der Waals surface area contributed by atoms with E-state index in [2.05, 4.69) is 88.0 Å². The third kappa shape index (κ3) is 4.04. The highest BCUT2D eigenvalue weighted by molar-refractivity contribution is 6.37. The third-order valence-electron chi connectivity index (χ3n) is 11.8. The van der Waals surface area contributed by atoms with Gasteiger partial charge in [-0.25, -0.2) is 0 Å². The first-order chi connectivity index (χ1) is 26.5. The molecule has 1 aromatic heterocycles. The van der Waals surface area contributed by atoms with E-state index in [1.165, 1.54) is 0 Å². The number of phenolic OH excluding ortho intramolecular Hbond substituents is 1. The molecule has 5 nitrogen and oxygen atoms in total. The number of carbonyl (C=O) groups excluding carboxylic acids is 1. The number of carbonyl (C=O) groups is 1. The number of phenols is 1. The van der Waals surface area contributed by atoms with Gasteiger partial charge in [0.15, 0.2) is 5.78 Å². The van der Waals surface area contributed by atoms with Gasteiger partial charge in [-0.2, -0.15) is 4.58 Å². The van der Waals surface area contributed by atoms with Crippen LogP contribution in [0, 0.1) is 11.8 Å². The number of aromatic nitrogens is 1. The summed E-state index contributed by atoms with van der Waals surface area (Å²) in [5, 5.41) is 30.4. The summed E-state index contributed by atoms with van der Waals surface area (Å²) in [7, 11) is 0. The Bertz CT molecular complexity index is 3110. The molecule has 3 aliphatic rings. The van der Waals surface area contributed by atoms with E-state index >= 15 is 0 Å². The predicted molar refractivity (Wildman–Crippen MR) is 220 cm³/mol. The normalized spacial score (nSPS) is 18.0. The Morgan fingerprint density at radius 2 is 1.24 bits per heavy atom. The molecule has 256 valence electrons. The molecule has 0 amide bonds. The SMILES string of the molecule is CC1=C(c2ccc3c(c2O)c2ccccc2n3-c2cccc3ccccc23)C(=O)C1C1C=CC2=[N+](c3cccc4ccccc34)c3ccccc3C2=C1O. The van der Waals surface area contributed by atoms with Crippen LogP contribution >= 0.6 is 0 Å². The van der Waals surface area contributed by atoms with E-state index in [9.17, 15) is 15.0 Å². The highest BCUT2D eigenvalue weighted by atomic mass is 16.3. The van der Waals surface area contributed by atoms with Crippen molar-refractivity contribution >= 4 is 77.4 Å². The van der Waals surface area contributed by atoms with Crippen molar-refractivity contribution < 1.29 is 15.0 Å². The minimum Gasteiger partial charge on any atom is -0.511 e. The fraction of sp³-hybridized carbons (Fsp3) is 0.0612. The van der Waals surface area contributed by atoms with Crippen molar-refractivity contribution in [2.24, 2.45) is 11.8 Å². The number of nitrogens with zero attached hydrogens (tertiary/aromatic N) is 2. The Kier molecular flexibility index (Phi) is 6.39. The molecular formula is C49H33N2O3+. The van der Waals surface area contributed by atoms with E-state index in [0.717, 1.165) is 77.4 Å². The standard InChI is InChI=1S/C49H32N2O3/c1-28-43(35-24-26-41-45(47(35)52)33-18-6-8-20-39(33)50(41)37-22-10-14-29-12-2-4-16-31(29)37)49(54)44(28)36-25-27-42-46(48(36)53)34-19-7-9-21-40(34)51(42)38-23-11-15-30-13-3-5-17-32(30)38/h2-27,35,43,53H,1H3/p+1. The lowest BCUT2D eigenvalue weighted by Gasteiger charge is -2.36. The van der Waals surface area contributed by atoms with Gasteiger partial charge in [0.2, 0.25) is 17.1 Å². The molecule has 8 aromatic rings. The van der Waals surface area contributed by atoms with Crippen molar-refractivity contribution in [1.29, 1.82) is 0 Å². The Morgan fingerprint density at radius 3 is 2.06 bits per heavy atom. The highest BCUT2D eigenvalue weighted by Gasteiger charge is 2.48. The van der Waals surface area contributed by atoms with Gasteiger partial charge in [-0.1, -0.05) is 103 Å². The molecule has 2 unspecified atom stereocenters. The average Bonchev–Trinajstić information content (AvgIpc) is 3.73. The number of para-hydroxylation sites is 2. The molecule has 54 heavy (non-hydrogen) atoms. The second kappa shape index (κ2) is 11.3. The molecule has 1 aliphatic heterocycles. The van der Waals surface area contributed by atoms with Crippen LogP contribution in [-0.2, 0) is 4.79 Å². The van der Waals surface area contributed by atoms with E-state index in [1.54, 1.807) is 0 Å². The molecule has 2 aliphatic carbocycles. The second-order valence-electron chi connectivity index (χ2n) is 14.5. The summed E-state index contributed by atoms with van der Waals surface area (Å²) in [6.07, 6.45) is 4.04. The van der Waals surface area contributed by atoms with Gasteiger partial charge in [0.05, 0.1) is 44.5 Å². The summed E-state index contributed by atoms with van der Waals surface area (Å²) in [4.78, 5) is 14.4. The van der Waals surface area contributed by atoms with Crippen molar-refractivity contribution in [2.45, 2.75) is 6.92 Å². The Morgan fingerprint density at radius 1 is 0.593 bits per heavy atom. The molecule has 0 radical (unpaired) electrons. The fourth-order valence-corrected chi connectivity index (χ4v) is 9.38. The Hall–Kier alpha value is -6.98. The largest absolute Gasteiger partial charge is 0.511 e. The Balaban J connectivity index is 1.04. The zero-order valence-corrected chi connectivity index (χ0v) is 29.4. The number of fused-ring (bicyclic) bond motifs is 8. The lowest BCUT2D eigenvalue weighted by atomic mass is 9.65. The van der Waals surface area contributed by atoms with Gasteiger partial charge in [0.1, 0.15) is 11.5 Å². The smallest absolute Gasteiger partial charge is 0.223 e. The maximum absolute atomic E-state index is 14.4. The van der Waals surface area contributed by atoms with E-state index in [1.807, 2.05) is 85.8 Å². The maximum Gasteiger partial charge on any atom is 0.223 e. The topological polar surface area (TPSA) is 65.5 Å². The van der Waals surface area contributed by atoms with Crippen LogP contribution in [0.4, 0.5) is 11.4 Å². The van der Waals surface area contributed by atoms with Crippen LogP contribution in [0.1, 0.15) is 18.1 Å². The average molecular weight is 698 g/mol. The van der Waals surface area contributed by atoms with Crippen LogP contribution in [0.5, 0.6) is 5.75 Å². The zero-order chi connectivity index (χ0) is 36.2. The van der Waals surface area contributed by atoms with Gasteiger partial charge in [-0.3, -0.25) is 4.79 Å². The monoisotopic (exact) mass is 697 g/mol. The van der Waals surface area contributed by atoms with Gasteiger partial charge in [-0.15, -0.1) is 0 Å². The van der Waals surface area contributed by atoms with Gasteiger partial charge < -0.3 is 14.8 Å². The van der Waals surface area contributed by atoms with Crippen LogP contribution in [0.2, 0.25) is 0 Å². The molecule has 0 fully saturated rings. The van der Waals surface area contributed by atoms with Crippen molar-refractivity contribution in [3.63, 3.8) is 0 Å². The molecule has 0 saturated heterocycles. The molecule has 5 heteroatoms. The van der Waals surface area contributed by atoms with Gasteiger partial charge >= 0.3 is 0 Å². The minimum absolute atomic E-state index is 0.0811. The van der Waals surface area contributed by atoms with E-state index in [0.29, 0.717) is 16.5 Å². The summed E-state index contributed by atoms with van der Waals surface area (Å²) < 4.78 is 4.42. The fourth-order valence-electron chi connectivity index (χ4n) is 9.38. The van der Waals surface area contributed by atoms with Crippen LogP contribution < -0.4 is 4.58 Å². The number of ketones is 1. The first-order valence-corrected chi connectivity index (χ1v) is 18.4. The zero-order valence-electron chi connectivity index (χ0n) is 29.4. The quantitative estimate of drug-likeness (QED) is 0.180. The van der Waals surface area contributed by atoms with Crippen molar-refractivity contribution in [2.75, 3.05) is 0 Å². The highest BCUT2D eigenvalue weighted by Crippen LogP contribution is 2.52. The number of aliphatic hydroxyl groups excluding tert-OH is 1. The molecule has 2 heterocycles. The second-order valence-corrected chi connectivity index (χ2v) is 14.5. The molecule has 2 atom stereocenters. The van der Waals surface area contributed by atoms with Gasteiger partial charge in [0.25, 0.3) is 0 Å². The summed E-state index contributed by atoms with van der Waals surface area (Å²) in [5.41, 5.74) is 9.38. The van der Waals surface area contributed by atoms with E-state index in [-0.39, 0.29) is 17.3 Å². The Labute approximate surface area is 311 Å². The van der Waals surface area contributed by atoms with Crippen molar-refractivity contribution in [1.82, 2.24) is 9.14 Å². The molecule has 7 aromatic carbocycles. The predicted octanol–water partition coefficient (Wildman–Crippen LogP) is 11.2. The van der Waals surface area contributed by atoms with Crippen LogP contribution in [-0.4, -0.2) is 26.3 Å². The molecule has 0 spiro atoms. The number of Topliss-reactive ketones (excluding diaryl/α,β-unsaturated/α-hetero) is 1. The first kappa shape index (κ1) is 30.6. The lowest BCUT2D eigenvalue weighted by molar-refractivity contribution is -0.118. The first-order valence-electron chi connectivity index (χ1n) is 18.4. The number of hydrogen-bond acceptors (Lipinski definition) is 3. The number of hydrogen-bond donors (Lipinski definition) is 2. The maximum atomic E-state index is 14.4. The van der Waals surface area contributed by atoms with Crippen LogP contribution in [0.25, 0.3) is 60.2 Å². The minimum atomic E-state index is -0.545. The summed E-state index contributed by atoms with van der Waals surface area (Å²) >= 11 is 0. The lowest BCUT2D eigenvalue weighted by Crippen LogP contribution is -2.37. The summed E-state index contributed by atoms with van der Waals surface area (Å²) in [5.74, 6) is -0.868. The number of rotatable bonds is 4. The van der Waals surface area contributed by atoms with Crippen LogP contribution in [0.15, 0.2) is 169 Å². The van der Waals surface area contributed by atoms with Gasteiger partial charge in [0, 0.05) is 46.0 Å². The molecule has 0 saturated carbocycles. The van der Waals surface area contributed by atoms with Crippen LogP contribution in [0.3, 0.4) is 0 Å². The van der Waals surface area contributed by atoms with E-state index < -0.39 is 11.8 Å². The van der Waals surface area contributed by atoms with Crippen molar-refractivity contribution in [3.05, 3.63) is 180 Å². The number of aliphatic hydroxyl groups is 1. The van der Waals surface area contributed by atoms with Crippen molar-refractivity contribution in [3.8, 4) is 11.4 Å². The molecule has 0 bridgehead atoms.